The quantitative estimate of drug-likeness (QED) is 0.327. The van der Waals surface area contributed by atoms with Gasteiger partial charge in [0.25, 0.3) is 0 Å². The van der Waals surface area contributed by atoms with Gasteiger partial charge in [0.15, 0.2) is 5.78 Å². The van der Waals surface area contributed by atoms with Gasteiger partial charge in [-0.2, -0.15) is 4.98 Å². The van der Waals surface area contributed by atoms with E-state index in [4.69, 9.17) is 11.6 Å². The van der Waals surface area contributed by atoms with Crippen LogP contribution in [0.15, 0.2) is 6.20 Å². The van der Waals surface area contributed by atoms with Crippen LogP contribution in [0.1, 0.15) is 6.42 Å². The van der Waals surface area contributed by atoms with Crippen molar-refractivity contribution >= 4 is 34.8 Å². The van der Waals surface area contributed by atoms with E-state index in [9.17, 15) is 19.7 Å². The Balaban J connectivity index is 2.50. The van der Waals surface area contributed by atoms with Gasteiger partial charge >= 0.3 is 5.69 Å². The first-order valence-corrected chi connectivity index (χ1v) is 4.86. The molecule has 0 atom stereocenters. The van der Waals surface area contributed by atoms with Gasteiger partial charge in [-0.1, -0.05) is 0 Å². The largest absolute Gasteiger partial charge is 0.330 e. The molecule has 0 spiro atoms. The van der Waals surface area contributed by atoms with Crippen LogP contribution in [0, 0.1) is 10.1 Å². The summed E-state index contributed by atoms with van der Waals surface area (Å²) in [6.07, 6.45) is 0.625. The Bertz CT molecular complexity index is 532. The summed E-state index contributed by atoms with van der Waals surface area (Å²) < 4.78 is 0. The van der Waals surface area contributed by atoms with Crippen LogP contribution in [0.25, 0.3) is 0 Å². The number of rotatable bonds is 2. The Labute approximate surface area is 99.4 Å². The number of nitro groups is 1. The second-order valence-corrected chi connectivity index (χ2v) is 3.64. The zero-order valence-corrected chi connectivity index (χ0v) is 9.05. The molecule has 0 saturated carbocycles. The van der Waals surface area contributed by atoms with Gasteiger partial charge in [0, 0.05) is 0 Å². The molecule has 0 bridgehead atoms. The van der Waals surface area contributed by atoms with Crippen molar-refractivity contribution in [2.24, 2.45) is 0 Å². The lowest BCUT2D eigenvalue weighted by atomic mass is 10.3. The van der Waals surface area contributed by atoms with Gasteiger partial charge in [0.1, 0.15) is 6.20 Å². The standard InChI is InChI=1S/C8H5ClN4O4/c9-8-10-2-5(13(16)17)7(11-8)12-3-4(14)1-6(12)15/h2H,1,3H2. The van der Waals surface area contributed by atoms with Gasteiger partial charge in [0.2, 0.25) is 17.0 Å². The van der Waals surface area contributed by atoms with E-state index in [0.717, 1.165) is 11.1 Å². The number of hydrogen-bond donors (Lipinski definition) is 0. The molecule has 1 aromatic rings. The summed E-state index contributed by atoms with van der Waals surface area (Å²) in [4.78, 5) is 40.6. The molecule has 88 valence electrons. The molecule has 0 unspecified atom stereocenters. The third-order valence-electron chi connectivity index (χ3n) is 2.16. The first kappa shape index (κ1) is 11.4. The normalized spacial score (nSPS) is 15.5. The average Bonchev–Trinajstić information content (AvgIpc) is 2.57. The van der Waals surface area contributed by atoms with E-state index in [0.29, 0.717) is 0 Å². The maximum absolute atomic E-state index is 11.5. The minimum atomic E-state index is -0.734. The number of amides is 1. The van der Waals surface area contributed by atoms with Crippen LogP contribution in [0.2, 0.25) is 5.28 Å². The van der Waals surface area contributed by atoms with Crippen LogP contribution in [0.3, 0.4) is 0 Å². The SMILES string of the molecule is O=C1CC(=O)N(c2nc(Cl)ncc2[N+](=O)[O-])C1. The number of hydrogen-bond acceptors (Lipinski definition) is 6. The zero-order chi connectivity index (χ0) is 12.6. The third-order valence-corrected chi connectivity index (χ3v) is 2.34. The first-order chi connectivity index (χ1) is 7.99. The Morgan fingerprint density at radius 1 is 1.47 bits per heavy atom. The molecular formula is C8H5ClN4O4. The van der Waals surface area contributed by atoms with Crippen molar-refractivity contribution in [3.63, 3.8) is 0 Å². The van der Waals surface area contributed by atoms with Crippen molar-refractivity contribution < 1.29 is 14.5 Å². The lowest BCUT2D eigenvalue weighted by Crippen LogP contribution is -2.26. The molecule has 9 heteroatoms. The second kappa shape index (κ2) is 4.06. The maximum atomic E-state index is 11.5. The molecule has 1 fully saturated rings. The predicted octanol–water partition coefficient (Wildman–Crippen LogP) is 0.344. The van der Waals surface area contributed by atoms with Gasteiger partial charge in [-0.3, -0.25) is 24.6 Å². The fourth-order valence-electron chi connectivity index (χ4n) is 1.45. The number of aromatic nitrogens is 2. The van der Waals surface area contributed by atoms with Crippen LogP contribution in [-0.4, -0.2) is 33.1 Å². The van der Waals surface area contributed by atoms with Crippen molar-refractivity contribution in [1.29, 1.82) is 0 Å². The molecule has 1 amide bonds. The smallest absolute Gasteiger partial charge is 0.297 e. The van der Waals surface area contributed by atoms with E-state index >= 15 is 0 Å². The molecule has 0 radical (unpaired) electrons. The minimum Gasteiger partial charge on any atom is -0.297 e. The van der Waals surface area contributed by atoms with Gasteiger partial charge in [-0.05, 0) is 11.6 Å². The number of carbonyl (C=O) groups excluding carboxylic acids is 2. The van der Waals surface area contributed by atoms with E-state index in [-0.39, 0.29) is 29.9 Å². The highest BCUT2D eigenvalue weighted by Gasteiger charge is 2.34. The Kier molecular flexibility index (Phi) is 2.72. The molecule has 2 heterocycles. The number of Topliss-reactive ketones (excluding diaryl/α,β-unsaturated/α-hetero) is 1. The first-order valence-electron chi connectivity index (χ1n) is 4.48. The summed E-state index contributed by atoms with van der Waals surface area (Å²) >= 11 is 5.52. The molecule has 8 nitrogen and oxygen atoms in total. The van der Waals surface area contributed by atoms with Gasteiger partial charge in [-0.15, -0.1) is 0 Å². The third kappa shape index (κ3) is 2.07. The molecule has 17 heavy (non-hydrogen) atoms. The van der Waals surface area contributed by atoms with E-state index in [1.807, 2.05) is 0 Å². The van der Waals surface area contributed by atoms with Crippen LogP contribution in [0.4, 0.5) is 11.5 Å². The number of halogens is 1. The predicted molar refractivity (Wildman–Crippen MR) is 55.7 cm³/mol. The van der Waals surface area contributed by atoms with Crippen LogP contribution < -0.4 is 4.90 Å². The summed E-state index contributed by atoms with van der Waals surface area (Å²) in [7, 11) is 0. The van der Waals surface area contributed by atoms with Crippen molar-refractivity contribution in [1.82, 2.24) is 9.97 Å². The molecule has 1 aliphatic heterocycles. The molecule has 1 saturated heterocycles. The fourth-order valence-corrected chi connectivity index (χ4v) is 1.58. The van der Waals surface area contributed by atoms with E-state index in [1.54, 1.807) is 0 Å². The Hall–Kier alpha value is -2.09. The topological polar surface area (TPSA) is 106 Å². The number of carbonyl (C=O) groups is 2. The van der Waals surface area contributed by atoms with E-state index < -0.39 is 16.5 Å². The van der Waals surface area contributed by atoms with E-state index in [2.05, 4.69) is 9.97 Å². The van der Waals surface area contributed by atoms with E-state index in [1.165, 1.54) is 0 Å². The fraction of sp³-hybridized carbons (Fsp3) is 0.250. The van der Waals surface area contributed by atoms with Gasteiger partial charge < -0.3 is 0 Å². The lowest BCUT2D eigenvalue weighted by molar-refractivity contribution is -0.384. The summed E-state index contributed by atoms with van der Waals surface area (Å²) in [6, 6.07) is 0. The number of ketones is 1. The van der Waals surface area contributed by atoms with Crippen LogP contribution in [-0.2, 0) is 9.59 Å². The van der Waals surface area contributed by atoms with Crippen molar-refractivity contribution in [3.8, 4) is 0 Å². The number of nitrogens with zero attached hydrogens (tertiary/aromatic N) is 4. The van der Waals surface area contributed by atoms with Crippen molar-refractivity contribution in [3.05, 3.63) is 21.6 Å². The Morgan fingerprint density at radius 2 is 2.18 bits per heavy atom. The monoisotopic (exact) mass is 256 g/mol. The van der Waals surface area contributed by atoms with Gasteiger partial charge in [-0.25, -0.2) is 4.98 Å². The summed E-state index contributed by atoms with van der Waals surface area (Å²) in [5.41, 5.74) is -0.461. The highest BCUT2D eigenvalue weighted by atomic mass is 35.5. The highest BCUT2D eigenvalue weighted by molar-refractivity contribution is 6.28. The molecule has 2 rings (SSSR count). The average molecular weight is 257 g/mol. The van der Waals surface area contributed by atoms with Gasteiger partial charge in [0.05, 0.1) is 17.9 Å². The maximum Gasteiger partial charge on any atom is 0.330 e. The molecular weight excluding hydrogens is 252 g/mol. The Morgan fingerprint density at radius 3 is 2.71 bits per heavy atom. The molecule has 0 aromatic carbocycles. The van der Waals surface area contributed by atoms with Crippen LogP contribution in [0.5, 0.6) is 0 Å². The molecule has 0 N–H and O–H groups in total. The molecule has 1 aliphatic rings. The summed E-state index contributed by atoms with van der Waals surface area (Å²) in [6.45, 7) is -0.229. The molecule has 0 aliphatic carbocycles. The van der Waals surface area contributed by atoms with Crippen molar-refractivity contribution in [2.75, 3.05) is 11.4 Å². The lowest BCUT2D eigenvalue weighted by Gasteiger charge is -2.12. The molecule has 1 aromatic heterocycles. The number of anilines is 1. The van der Waals surface area contributed by atoms with Crippen molar-refractivity contribution in [2.45, 2.75) is 6.42 Å². The zero-order valence-electron chi connectivity index (χ0n) is 8.29. The summed E-state index contributed by atoms with van der Waals surface area (Å²) in [5.74, 6) is -1.10. The highest BCUT2D eigenvalue weighted by Crippen LogP contribution is 2.28. The van der Waals surface area contributed by atoms with Crippen LogP contribution >= 0.6 is 11.6 Å². The second-order valence-electron chi connectivity index (χ2n) is 3.30. The minimum absolute atomic E-state index is 0.224. The summed E-state index contributed by atoms with van der Waals surface area (Å²) in [5, 5.41) is 10.5.